The highest BCUT2D eigenvalue weighted by molar-refractivity contribution is 9.10. The van der Waals surface area contributed by atoms with Crippen molar-refractivity contribution in [1.82, 2.24) is 5.43 Å². The zero-order chi connectivity index (χ0) is 22.9. The molecule has 3 aromatic rings. The Kier molecular flexibility index (Phi) is 8.27. The number of ether oxygens (including phenoxy) is 2. The van der Waals surface area contributed by atoms with Crippen LogP contribution in [0.2, 0.25) is 0 Å². The SMILES string of the molecule is CCOc1cc(/C=N/NC(=O)Nc2ccc(C)cc2)c(Br)cc1OCc1ccc(C)cc1. The first-order chi connectivity index (χ1) is 15.4. The van der Waals surface area contributed by atoms with Gasteiger partial charge in [-0.15, -0.1) is 0 Å². The van der Waals surface area contributed by atoms with Crippen LogP contribution in [-0.2, 0) is 6.61 Å². The second-order valence-corrected chi connectivity index (χ2v) is 8.07. The molecular formula is C25H26BrN3O3. The lowest BCUT2D eigenvalue weighted by Crippen LogP contribution is -2.24. The Labute approximate surface area is 196 Å². The molecule has 0 unspecified atom stereocenters. The summed E-state index contributed by atoms with van der Waals surface area (Å²) in [6, 6.07) is 18.9. The van der Waals surface area contributed by atoms with E-state index in [0.717, 1.165) is 21.2 Å². The van der Waals surface area contributed by atoms with Gasteiger partial charge in [0.2, 0.25) is 0 Å². The van der Waals surface area contributed by atoms with Gasteiger partial charge in [-0.2, -0.15) is 5.10 Å². The smallest absolute Gasteiger partial charge is 0.339 e. The van der Waals surface area contributed by atoms with Gasteiger partial charge < -0.3 is 14.8 Å². The number of rotatable bonds is 8. The van der Waals surface area contributed by atoms with Gasteiger partial charge in [0.15, 0.2) is 11.5 Å². The molecular weight excluding hydrogens is 470 g/mol. The summed E-state index contributed by atoms with van der Waals surface area (Å²) in [5, 5.41) is 6.76. The van der Waals surface area contributed by atoms with E-state index in [0.29, 0.717) is 30.4 Å². The van der Waals surface area contributed by atoms with Crippen LogP contribution in [-0.4, -0.2) is 18.9 Å². The molecule has 0 atom stereocenters. The fourth-order valence-electron chi connectivity index (χ4n) is 2.83. The van der Waals surface area contributed by atoms with Crippen molar-refractivity contribution >= 4 is 33.9 Å². The monoisotopic (exact) mass is 495 g/mol. The highest BCUT2D eigenvalue weighted by Crippen LogP contribution is 2.33. The minimum Gasteiger partial charge on any atom is -0.490 e. The molecule has 0 radical (unpaired) electrons. The van der Waals surface area contributed by atoms with Gasteiger partial charge in [-0.1, -0.05) is 47.5 Å². The van der Waals surface area contributed by atoms with E-state index >= 15 is 0 Å². The highest BCUT2D eigenvalue weighted by Gasteiger charge is 2.11. The van der Waals surface area contributed by atoms with Gasteiger partial charge in [-0.25, -0.2) is 10.2 Å². The number of benzene rings is 3. The number of nitrogens with zero attached hydrogens (tertiary/aromatic N) is 1. The third-order valence-corrected chi connectivity index (χ3v) is 5.24. The van der Waals surface area contributed by atoms with Crippen LogP contribution in [0.1, 0.15) is 29.2 Å². The number of carbonyl (C=O) groups is 1. The number of carbonyl (C=O) groups excluding carboxylic acids is 1. The molecule has 0 spiro atoms. The summed E-state index contributed by atoms with van der Waals surface area (Å²) >= 11 is 3.54. The van der Waals surface area contributed by atoms with Crippen molar-refractivity contribution < 1.29 is 14.3 Å². The molecule has 2 N–H and O–H groups in total. The predicted octanol–water partition coefficient (Wildman–Crippen LogP) is 6.20. The van der Waals surface area contributed by atoms with Gasteiger partial charge in [0.1, 0.15) is 6.61 Å². The molecule has 0 fully saturated rings. The minimum atomic E-state index is -0.427. The zero-order valence-corrected chi connectivity index (χ0v) is 19.9. The Morgan fingerprint density at radius 1 is 0.969 bits per heavy atom. The van der Waals surface area contributed by atoms with E-state index in [1.807, 2.05) is 62.4 Å². The third-order valence-electron chi connectivity index (χ3n) is 4.56. The number of nitrogens with one attached hydrogen (secondary N) is 2. The Bertz CT molecular complexity index is 1080. The molecule has 32 heavy (non-hydrogen) atoms. The normalized spacial score (nSPS) is 10.8. The van der Waals surface area contributed by atoms with E-state index in [-0.39, 0.29) is 0 Å². The maximum atomic E-state index is 12.0. The van der Waals surface area contributed by atoms with Crippen LogP contribution in [0.3, 0.4) is 0 Å². The maximum Gasteiger partial charge on any atom is 0.339 e. The lowest BCUT2D eigenvalue weighted by atomic mass is 10.2. The molecule has 2 amide bonds. The minimum absolute atomic E-state index is 0.427. The van der Waals surface area contributed by atoms with Crippen LogP contribution >= 0.6 is 15.9 Å². The van der Waals surface area contributed by atoms with Gasteiger partial charge >= 0.3 is 6.03 Å². The largest absolute Gasteiger partial charge is 0.490 e. The van der Waals surface area contributed by atoms with Crippen LogP contribution in [0.15, 0.2) is 70.2 Å². The summed E-state index contributed by atoms with van der Waals surface area (Å²) in [6.45, 7) is 6.88. The van der Waals surface area contributed by atoms with Crippen molar-refractivity contribution in [2.24, 2.45) is 5.10 Å². The Morgan fingerprint density at radius 2 is 1.59 bits per heavy atom. The van der Waals surface area contributed by atoms with Crippen molar-refractivity contribution in [1.29, 1.82) is 0 Å². The van der Waals surface area contributed by atoms with Gasteiger partial charge in [0.25, 0.3) is 0 Å². The van der Waals surface area contributed by atoms with Crippen molar-refractivity contribution in [3.05, 3.63) is 87.4 Å². The number of amides is 2. The Morgan fingerprint density at radius 3 is 2.25 bits per heavy atom. The number of urea groups is 1. The molecule has 3 rings (SSSR count). The van der Waals surface area contributed by atoms with Crippen LogP contribution in [0, 0.1) is 13.8 Å². The molecule has 0 aromatic heterocycles. The second kappa shape index (κ2) is 11.3. The molecule has 7 heteroatoms. The average Bonchev–Trinajstić information content (AvgIpc) is 2.77. The standard InChI is InChI=1S/C25H26BrN3O3/c1-4-31-23-13-20(15-27-29-25(30)28-21-11-7-18(3)8-12-21)22(26)14-24(23)32-16-19-9-5-17(2)6-10-19/h5-15H,4,16H2,1-3H3,(H2,28,29,30)/b27-15+. The van der Waals surface area contributed by atoms with E-state index in [2.05, 4.69) is 50.8 Å². The lowest BCUT2D eigenvalue weighted by Gasteiger charge is -2.14. The fraction of sp³-hybridized carbons (Fsp3) is 0.200. The first kappa shape index (κ1) is 23.3. The van der Waals surface area contributed by atoms with Crippen LogP contribution in [0.5, 0.6) is 11.5 Å². The summed E-state index contributed by atoms with van der Waals surface area (Å²) in [5.74, 6) is 1.23. The van der Waals surface area contributed by atoms with E-state index in [1.165, 1.54) is 5.56 Å². The summed E-state index contributed by atoms with van der Waals surface area (Å²) < 4.78 is 12.5. The van der Waals surface area contributed by atoms with E-state index < -0.39 is 6.03 Å². The van der Waals surface area contributed by atoms with E-state index in [9.17, 15) is 4.79 Å². The number of aryl methyl sites for hydroxylation is 2. The van der Waals surface area contributed by atoms with Crippen molar-refractivity contribution in [2.75, 3.05) is 11.9 Å². The van der Waals surface area contributed by atoms with E-state index in [4.69, 9.17) is 9.47 Å². The summed E-state index contributed by atoms with van der Waals surface area (Å²) in [4.78, 5) is 12.0. The van der Waals surface area contributed by atoms with Gasteiger partial charge in [0, 0.05) is 15.7 Å². The quantitative estimate of drug-likeness (QED) is 0.288. The van der Waals surface area contributed by atoms with Crippen molar-refractivity contribution in [3.8, 4) is 11.5 Å². The van der Waals surface area contributed by atoms with Gasteiger partial charge in [-0.3, -0.25) is 0 Å². The Balaban J connectivity index is 1.65. The fourth-order valence-corrected chi connectivity index (χ4v) is 3.26. The van der Waals surface area contributed by atoms with Crippen LogP contribution in [0.25, 0.3) is 0 Å². The molecule has 0 saturated carbocycles. The Hall–Kier alpha value is -3.32. The molecule has 0 aliphatic carbocycles. The molecule has 3 aromatic carbocycles. The average molecular weight is 496 g/mol. The van der Waals surface area contributed by atoms with Crippen molar-refractivity contribution in [2.45, 2.75) is 27.4 Å². The number of halogens is 1. The topological polar surface area (TPSA) is 72.0 Å². The summed E-state index contributed by atoms with van der Waals surface area (Å²) in [5.41, 5.74) is 7.30. The number of hydrogen-bond donors (Lipinski definition) is 2. The zero-order valence-electron chi connectivity index (χ0n) is 18.3. The second-order valence-electron chi connectivity index (χ2n) is 7.22. The maximum absolute atomic E-state index is 12.0. The first-order valence-electron chi connectivity index (χ1n) is 10.3. The third kappa shape index (κ3) is 6.85. The molecule has 0 aliphatic rings. The molecule has 0 bridgehead atoms. The van der Waals surface area contributed by atoms with Crippen molar-refractivity contribution in [3.63, 3.8) is 0 Å². The van der Waals surface area contributed by atoms with Crippen LogP contribution < -0.4 is 20.2 Å². The van der Waals surface area contributed by atoms with E-state index in [1.54, 1.807) is 6.21 Å². The van der Waals surface area contributed by atoms with Gasteiger partial charge in [-0.05, 0) is 66.5 Å². The summed E-state index contributed by atoms with van der Waals surface area (Å²) in [6.07, 6.45) is 1.55. The predicted molar refractivity (Wildman–Crippen MR) is 132 cm³/mol. The number of hydrazone groups is 1. The molecule has 6 nitrogen and oxygen atoms in total. The molecule has 0 saturated heterocycles. The molecule has 0 heterocycles. The molecule has 0 aliphatic heterocycles. The highest BCUT2D eigenvalue weighted by atomic mass is 79.9. The number of anilines is 1. The molecule has 166 valence electrons. The lowest BCUT2D eigenvalue weighted by molar-refractivity contribution is 0.252. The number of hydrogen-bond acceptors (Lipinski definition) is 4. The summed E-state index contributed by atoms with van der Waals surface area (Å²) in [7, 11) is 0. The first-order valence-corrected chi connectivity index (χ1v) is 11.1. The van der Waals surface area contributed by atoms with Crippen LogP contribution in [0.4, 0.5) is 10.5 Å². The van der Waals surface area contributed by atoms with Gasteiger partial charge in [0.05, 0.1) is 12.8 Å².